The molecule has 13 heavy (non-hydrogen) atoms. The van der Waals surface area contributed by atoms with E-state index in [-0.39, 0.29) is 0 Å². The Kier molecular flexibility index (Phi) is 3.28. The highest BCUT2D eigenvalue weighted by molar-refractivity contribution is 6.31. The van der Waals surface area contributed by atoms with E-state index >= 15 is 0 Å². The predicted molar refractivity (Wildman–Crippen MR) is 56.0 cm³/mol. The first-order valence-electron chi connectivity index (χ1n) is 3.88. The minimum Gasteiger partial charge on any atom is -0.308 e. The molecule has 3 nitrogen and oxygen atoms in total. The molecule has 0 aromatic heterocycles. The van der Waals surface area contributed by atoms with Gasteiger partial charge < -0.3 is 5.43 Å². The first-order valence-corrected chi connectivity index (χ1v) is 4.26. The predicted octanol–water partition coefficient (Wildman–Crippen LogP) is 1.49. The van der Waals surface area contributed by atoms with Gasteiger partial charge in [-0.3, -0.25) is 4.99 Å². The summed E-state index contributed by atoms with van der Waals surface area (Å²) >= 11 is 5.88. The lowest BCUT2D eigenvalue weighted by Crippen LogP contribution is -2.31. The summed E-state index contributed by atoms with van der Waals surface area (Å²) in [5.74, 6) is 5.92. The second-order valence-corrected chi connectivity index (χ2v) is 3.17. The number of aliphatic imine (C=N–C) groups is 1. The van der Waals surface area contributed by atoms with Crippen LogP contribution in [0.25, 0.3) is 0 Å². The van der Waals surface area contributed by atoms with Crippen LogP contribution in [0.4, 0.5) is 0 Å². The van der Waals surface area contributed by atoms with Crippen LogP contribution in [0.2, 0.25) is 5.02 Å². The molecule has 0 aliphatic heterocycles. The minimum absolute atomic E-state index is 0.630. The Morgan fingerprint density at radius 3 is 2.62 bits per heavy atom. The van der Waals surface area contributed by atoms with Crippen LogP contribution in [0.5, 0.6) is 0 Å². The van der Waals surface area contributed by atoms with Crippen molar-refractivity contribution in [1.82, 2.24) is 5.43 Å². The molecule has 0 amide bonds. The summed E-state index contributed by atoms with van der Waals surface area (Å²) in [6.07, 6.45) is 0. The first-order chi connectivity index (χ1) is 6.17. The number of amidine groups is 1. The maximum absolute atomic E-state index is 5.88. The van der Waals surface area contributed by atoms with Crippen LogP contribution < -0.4 is 11.3 Å². The van der Waals surface area contributed by atoms with Gasteiger partial charge in [0.2, 0.25) is 0 Å². The van der Waals surface area contributed by atoms with Crippen LogP contribution in [-0.4, -0.2) is 12.9 Å². The third-order valence-electron chi connectivity index (χ3n) is 1.68. The van der Waals surface area contributed by atoms with Gasteiger partial charge in [-0.1, -0.05) is 11.6 Å². The lowest BCUT2D eigenvalue weighted by molar-refractivity contribution is 1.02. The number of nitrogens with one attached hydrogen (secondary N) is 1. The van der Waals surface area contributed by atoms with Gasteiger partial charge in [-0.05, 0) is 30.7 Å². The highest BCUT2D eigenvalue weighted by Gasteiger charge is 2.02. The Morgan fingerprint density at radius 1 is 1.46 bits per heavy atom. The van der Waals surface area contributed by atoms with Crippen LogP contribution in [0, 0.1) is 6.92 Å². The highest BCUT2D eigenvalue weighted by atomic mass is 35.5. The van der Waals surface area contributed by atoms with Crippen molar-refractivity contribution in [1.29, 1.82) is 0 Å². The van der Waals surface area contributed by atoms with E-state index < -0.39 is 0 Å². The summed E-state index contributed by atoms with van der Waals surface area (Å²) < 4.78 is 0. The van der Waals surface area contributed by atoms with E-state index in [0.29, 0.717) is 10.9 Å². The maximum Gasteiger partial charge on any atom is 0.142 e. The van der Waals surface area contributed by atoms with Crippen molar-refractivity contribution < 1.29 is 0 Å². The molecule has 0 heterocycles. The summed E-state index contributed by atoms with van der Waals surface area (Å²) in [7, 11) is 1.67. The van der Waals surface area contributed by atoms with Crippen molar-refractivity contribution in [2.75, 3.05) is 7.05 Å². The number of halogens is 1. The number of nitrogens with two attached hydrogens (primary N) is 1. The minimum atomic E-state index is 0.630. The molecule has 3 N–H and O–H groups in total. The first kappa shape index (κ1) is 10.0. The Bertz CT molecular complexity index is 313. The van der Waals surface area contributed by atoms with E-state index in [0.717, 1.165) is 11.1 Å². The SMILES string of the molecule is CN=C(NN)c1cc(C)cc(Cl)c1. The fourth-order valence-electron chi connectivity index (χ4n) is 1.15. The van der Waals surface area contributed by atoms with Crippen molar-refractivity contribution in [3.05, 3.63) is 34.3 Å². The van der Waals surface area contributed by atoms with Gasteiger partial charge in [0.15, 0.2) is 0 Å². The van der Waals surface area contributed by atoms with E-state index in [2.05, 4.69) is 10.4 Å². The number of aryl methyl sites for hydroxylation is 1. The van der Waals surface area contributed by atoms with Gasteiger partial charge in [-0.2, -0.15) is 0 Å². The Labute approximate surface area is 82.6 Å². The van der Waals surface area contributed by atoms with E-state index in [1.807, 2.05) is 25.1 Å². The zero-order chi connectivity index (χ0) is 9.84. The summed E-state index contributed by atoms with van der Waals surface area (Å²) in [4.78, 5) is 3.98. The molecule has 70 valence electrons. The van der Waals surface area contributed by atoms with Gasteiger partial charge in [-0.15, -0.1) is 0 Å². The van der Waals surface area contributed by atoms with Gasteiger partial charge in [0, 0.05) is 17.6 Å². The molecule has 4 heteroatoms. The molecule has 0 aliphatic rings. The average molecular weight is 198 g/mol. The maximum atomic E-state index is 5.88. The van der Waals surface area contributed by atoms with E-state index in [4.69, 9.17) is 17.4 Å². The average Bonchev–Trinajstić information content (AvgIpc) is 2.04. The molecule has 0 aliphatic carbocycles. The second-order valence-electron chi connectivity index (χ2n) is 2.73. The fourth-order valence-corrected chi connectivity index (χ4v) is 1.44. The number of rotatable bonds is 1. The van der Waals surface area contributed by atoms with Crippen molar-refractivity contribution in [2.24, 2.45) is 10.8 Å². The molecular weight excluding hydrogens is 186 g/mol. The van der Waals surface area contributed by atoms with E-state index in [9.17, 15) is 0 Å². The highest BCUT2D eigenvalue weighted by Crippen LogP contribution is 2.14. The topological polar surface area (TPSA) is 50.4 Å². The second kappa shape index (κ2) is 4.25. The lowest BCUT2D eigenvalue weighted by atomic mass is 10.1. The lowest BCUT2D eigenvalue weighted by Gasteiger charge is -2.06. The molecule has 0 unspecified atom stereocenters. The zero-order valence-electron chi connectivity index (χ0n) is 7.63. The molecule has 0 bridgehead atoms. The normalized spacial score (nSPS) is 11.5. The molecule has 0 saturated carbocycles. The van der Waals surface area contributed by atoms with Gasteiger partial charge in [0.25, 0.3) is 0 Å². The smallest absolute Gasteiger partial charge is 0.142 e. The van der Waals surface area contributed by atoms with Crippen LogP contribution in [0.1, 0.15) is 11.1 Å². The number of hydrazine groups is 1. The van der Waals surface area contributed by atoms with E-state index in [1.54, 1.807) is 7.05 Å². The van der Waals surface area contributed by atoms with Gasteiger partial charge in [0.05, 0.1) is 0 Å². The van der Waals surface area contributed by atoms with Crippen LogP contribution in [-0.2, 0) is 0 Å². The van der Waals surface area contributed by atoms with Crippen LogP contribution in [0.15, 0.2) is 23.2 Å². The molecule has 1 aromatic carbocycles. The van der Waals surface area contributed by atoms with Crippen LogP contribution in [0.3, 0.4) is 0 Å². The summed E-state index contributed by atoms with van der Waals surface area (Å²) in [6, 6.07) is 5.67. The van der Waals surface area contributed by atoms with Gasteiger partial charge in [0.1, 0.15) is 5.84 Å². The van der Waals surface area contributed by atoms with Crippen LogP contribution >= 0.6 is 11.6 Å². The zero-order valence-corrected chi connectivity index (χ0v) is 8.39. The van der Waals surface area contributed by atoms with Crippen molar-refractivity contribution in [2.45, 2.75) is 6.92 Å². The third kappa shape index (κ3) is 2.44. The Balaban J connectivity index is 3.14. The molecule has 0 fully saturated rings. The summed E-state index contributed by atoms with van der Waals surface area (Å²) in [5, 5.41) is 0.686. The third-order valence-corrected chi connectivity index (χ3v) is 1.89. The van der Waals surface area contributed by atoms with Crippen molar-refractivity contribution >= 4 is 17.4 Å². The standard InChI is InChI=1S/C9H12ClN3/c1-6-3-7(5-8(10)4-6)9(12-2)13-11/h3-5H,11H2,1-2H3,(H,12,13). The number of hydrogen-bond donors (Lipinski definition) is 2. The molecule has 1 rings (SSSR count). The Morgan fingerprint density at radius 2 is 2.15 bits per heavy atom. The molecule has 0 saturated heterocycles. The molecular formula is C9H12ClN3. The van der Waals surface area contributed by atoms with Gasteiger partial charge in [-0.25, -0.2) is 5.84 Å². The number of nitrogens with zero attached hydrogens (tertiary/aromatic N) is 1. The molecule has 0 spiro atoms. The molecule has 0 atom stereocenters. The monoisotopic (exact) mass is 197 g/mol. The Hall–Kier alpha value is -1.06. The molecule has 1 aromatic rings. The fraction of sp³-hybridized carbons (Fsp3) is 0.222. The molecule has 0 radical (unpaired) electrons. The summed E-state index contributed by atoms with van der Waals surface area (Å²) in [5.41, 5.74) is 4.49. The van der Waals surface area contributed by atoms with E-state index in [1.165, 1.54) is 0 Å². The van der Waals surface area contributed by atoms with Crippen molar-refractivity contribution in [3.8, 4) is 0 Å². The van der Waals surface area contributed by atoms with Gasteiger partial charge >= 0.3 is 0 Å². The van der Waals surface area contributed by atoms with Crippen molar-refractivity contribution in [3.63, 3.8) is 0 Å². The number of benzene rings is 1. The largest absolute Gasteiger partial charge is 0.308 e. The number of hydrogen-bond acceptors (Lipinski definition) is 2. The quantitative estimate of drug-likeness (QED) is 0.310. The summed E-state index contributed by atoms with van der Waals surface area (Å²) in [6.45, 7) is 1.97.